The molecular weight excluding hydrogens is 330 g/mol. The smallest absolute Gasteiger partial charge is 0.313 e. The summed E-state index contributed by atoms with van der Waals surface area (Å²) in [5, 5.41) is 11.7. The number of hydrogen-bond acceptors (Lipinski definition) is 3. The zero-order chi connectivity index (χ0) is 16.2. The molecule has 0 amide bonds. The molecule has 0 unspecified atom stereocenters. The van der Waals surface area contributed by atoms with Gasteiger partial charge in [-0.2, -0.15) is 0 Å². The Kier molecular flexibility index (Phi) is 4.84. The van der Waals surface area contributed by atoms with Gasteiger partial charge in [0.1, 0.15) is 0 Å². The molecule has 5 heteroatoms. The zero-order valence-corrected chi connectivity index (χ0v) is 13.8. The molecule has 0 aliphatic rings. The standard InChI is InChI=1S/C18H14ClNO2S/c19-16-6-5-12(14-3-1-2-4-15(14)16)9-13-10-20-8-7-17(13)23-11-18(21)22/h1-8,10H,9,11H2,(H,21,22). The van der Waals surface area contributed by atoms with Crippen LogP contribution in [0.5, 0.6) is 0 Å². The van der Waals surface area contributed by atoms with Crippen LogP contribution in [0.25, 0.3) is 10.8 Å². The van der Waals surface area contributed by atoms with Crippen LogP contribution in [0.1, 0.15) is 11.1 Å². The van der Waals surface area contributed by atoms with Crippen molar-refractivity contribution in [2.45, 2.75) is 11.3 Å². The highest BCUT2D eigenvalue weighted by molar-refractivity contribution is 8.00. The van der Waals surface area contributed by atoms with Crippen molar-refractivity contribution >= 4 is 40.1 Å². The maximum Gasteiger partial charge on any atom is 0.313 e. The first-order chi connectivity index (χ1) is 11.1. The van der Waals surface area contributed by atoms with Crippen LogP contribution in [0.4, 0.5) is 0 Å². The number of aliphatic carboxylic acids is 1. The minimum atomic E-state index is -0.824. The average molecular weight is 344 g/mol. The van der Waals surface area contributed by atoms with Gasteiger partial charge in [0.15, 0.2) is 0 Å². The SMILES string of the molecule is O=C(O)CSc1ccncc1Cc1ccc(Cl)c2ccccc12. The first kappa shape index (κ1) is 15.8. The molecule has 1 heterocycles. The molecule has 0 atom stereocenters. The van der Waals surface area contributed by atoms with E-state index >= 15 is 0 Å². The van der Waals surface area contributed by atoms with Gasteiger partial charge in [0.25, 0.3) is 0 Å². The summed E-state index contributed by atoms with van der Waals surface area (Å²) in [7, 11) is 0. The van der Waals surface area contributed by atoms with Crippen LogP contribution in [-0.4, -0.2) is 21.8 Å². The van der Waals surface area contributed by atoms with Gasteiger partial charge in [0, 0.05) is 34.1 Å². The number of hydrogen-bond donors (Lipinski definition) is 1. The Hall–Kier alpha value is -2.04. The molecule has 0 aliphatic carbocycles. The third-order valence-corrected chi connectivity index (χ3v) is 4.98. The molecular formula is C18H14ClNO2S. The van der Waals surface area contributed by atoms with Crippen LogP contribution >= 0.6 is 23.4 Å². The van der Waals surface area contributed by atoms with Gasteiger partial charge in [-0.15, -0.1) is 11.8 Å². The number of thioether (sulfide) groups is 1. The van der Waals surface area contributed by atoms with Crippen LogP contribution < -0.4 is 0 Å². The van der Waals surface area contributed by atoms with E-state index in [0.717, 1.165) is 31.8 Å². The summed E-state index contributed by atoms with van der Waals surface area (Å²) < 4.78 is 0. The van der Waals surface area contributed by atoms with Crippen molar-refractivity contribution in [2.24, 2.45) is 0 Å². The second kappa shape index (κ2) is 7.02. The summed E-state index contributed by atoms with van der Waals surface area (Å²) in [6.07, 6.45) is 4.18. The van der Waals surface area contributed by atoms with E-state index in [1.807, 2.05) is 36.4 Å². The highest BCUT2D eigenvalue weighted by Crippen LogP contribution is 2.30. The van der Waals surface area contributed by atoms with Crippen molar-refractivity contribution in [2.75, 3.05) is 5.75 Å². The summed E-state index contributed by atoms with van der Waals surface area (Å²) in [5.41, 5.74) is 2.17. The van der Waals surface area contributed by atoms with Gasteiger partial charge in [0.2, 0.25) is 0 Å². The molecule has 3 nitrogen and oxygen atoms in total. The number of rotatable bonds is 5. The first-order valence-corrected chi connectivity index (χ1v) is 8.45. The molecule has 0 saturated carbocycles. The van der Waals surface area contributed by atoms with E-state index in [1.165, 1.54) is 11.8 Å². The predicted octanol–water partition coefficient (Wildman–Crippen LogP) is 4.66. The highest BCUT2D eigenvalue weighted by atomic mass is 35.5. The lowest BCUT2D eigenvalue weighted by Gasteiger charge is -2.11. The molecule has 0 bridgehead atoms. The highest BCUT2D eigenvalue weighted by Gasteiger charge is 2.10. The third-order valence-electron chi connectivity index (χ3n) is 3.55. The van der Waals surface area contributed by atoms with E-state index in [0.29, 0.717) is 6.42 Å². The molecule has 0 saturated heterocycles. The van der Waals surface area contributed by atoms with E-state index < -0.39 is 5.97 Å². The summed E-state index contributed by atoms with van der Waals surface area (Å²) in [5.74, 6) is -0.784. The minimum absolute atomic E-state index is 0.0401. The van der Waals surface area contributed by atoms with Gasteiger partial charge in [-0.25, -0.2) is 0 Å². The van der Waals surface area contributed by atoms with Crippen molar-refractivity contribution in [1.82, 2.24) is 4.98 Å². The van der Waals surface area contributed by atoms with E-state index in [1.54, 1.807) is 12.4 Å². The number of benzene rings is 2. The fourth-order valence-electron chi connectivity index (χ4n) is 2.51. The Morgan fingerprint density at radius 3 is 2.65 bits per heavy atom. The number of carboxylic acids is 1. The second-order valence-electron chi connectivity index (χ2n) is 5.09. The fourth-order valence-corrected chi connectivity index (χ4v) is 3.49. The van der Waals surface area contributed by atoms with Gasteiger partial charge < -0.3 is 5.11 Å². The zero-order valence-electron chi connectivity index (χ0n) is 12.2. The minimum Gasteiger partial charge on any atom is -0.481 e. The van der Waals surface area contributed by atoms with Crippen LogP contribution in [0.2, 0.25) is 5.02 Å². The Bertz CT molecular complexity index is 867. The molecule has 116 valence electrons. The quantitative estimate of drug-likeness (QED) is 0.685. The third kappa shape index (κ3) is 3.66. The monoisotopic (exact) mass is 343 g/mol. The van der Waals surface area contributed by atoms with Gasteiger partial charge >= 0.3 is 5.97 Å². The Morgan fingerprint density at radius 1 is 1.09 bits per heavy atom. The molecule has 1 aromatic heterocycles. The molecule has 0 spiro atoms. The fraction of sp³-hybridized carbons (Fsp3) is 0.111. The number of aromatic nitrogens is 1. The van der Waals surface area contributed by atoms with Crippen molar-refractivity contribution in [3.8, 4) is 0 Å². The van der Waals surface area contributed by atoms with Crippen LogP contribution in [0, 0.1) is 0 Å². The molecule has 2 aromatic carbocycles. The van der Waals surface area contributed by atoms with Crippen molar-refractivity contribution in [3.63, 3.8) is 0 Å². The second-order valence-corrected chi connectivity index (χ2v) is 6.52. The average Bonchev–Trinajstić information content (AvgIpc) is 2.57. The van der Waals surface area contributed by atoms with Gasteiger partial charge in [-0.1, -0.05) is 41.9 Å². The summed E-state index contributed by atoms with van der Waals surface area (Å²) in [6.45, 7) is 0. The number of pyridine rings is 1. The number of carbonyl (C=O) groups is 1. The number of nitrogens with zero attached hydrogens (tertiary/aromatic N) is 1. The lowest BCUT2D eigenvalue weighted by atomic mass is 9.99. The Labute approximate surface area is 143 Å². The molecule has 1 N–H and O–H groups in total. The maximum atomic E-state index is 10.8. The lowest BCUT2D eigenvalue weighted by Crippen LogP contribution is -2.00. The van der Waals surface area contributed by atoms with E-state index in [2.05, 4.69) is 11.1 Å². The lowest BCUT2D eigenvalue weighted by molar-refractivity contribution is -0.133. The van der Waals surface area contributed by atoms with Crippen LogP contribution in [0.3, 0.4) is 0 Å². The molecule has 0 radical (unpaired) electrons. The predicted molar refractivity (Wildman–Crippen MR) is 94.4 cm³/mol. The summed E-state index contributed by atoms with van der Waals surface area (Å²) >= 11 is 7.58. The van der Waals surface area contributed by atoms with Crippen LogP contribution in [0.15, 0.2) is 59.8 Å². The summed E-state index contributed by atoms with van der Waals surface area (Å²) in [4.78, 5) is 15.9. The van der Waals surface area contributed by atoms with Crippen molar-refractivity contribution < 1.29 is 9.90 Å². The Balaban J connectivity index is 1.97. The molecule has 3 aromatic rings. The normalized spacial score (nSPS) is 10.8. The Morgan fingerprint density at radius 2 is 1.87 bits per heavy atom. The molecule has 0 aliphatic heterocycles. The molecule has 3 rings (SSSR count). The van der Waals surface area contributed by atoms with Gasteiger partial charge in [-0.3, -0.25) is 9.78 Å². The first-order valence-electron chi connectivity index (χ1n) is 7.09. The molecule has 0 fully saturated rings. The van der Waals surface area contributed by atoms with Crippen molar-refractivity contribution in [3.05, 3.63) is 71.0 Å². The number of carboxylic acid groups (broad SMARTS) is 1. The maximum absolute atomic E-state index is 10.8. The number of fused-ring (bicyclic) bond motifs is 1. The number of halogens is 1. The summed E-state index contributed by atoms with van der Waals surface area (Å²) in [6, 6.07) is 13.8. The topological polar surface area (TPSA) is 50.2 Å². The molecule has 23 heavy (non-hydrogen) atoms. The van der Waals surface area contributed by atoms with Crippen molar-refractivity contribution in [1.29, 1.82) is 0 Å². The van der Waals surface area contributed by atoms with Gasteiger partial charge in [0.05, 0.1) is 5.75 Å². The van der Waals surface area contributed by atoms with Gasteiger partial charge in [-0.05, 0) is 28.6 Å². The van der Waals surface area contributed by atoms with E-state index in [9.17, 15) is 4.79 Å². The van der Waals surface area contributed by atoms with E-state index in [4.69, 9.17) is 16.7 Å². The largest absolute Gasteiger partial charge is 0.481 e. The van der Waals surface area contributed by atoms with E-state index in [-0.39, 0.29) is 5.75 Å². The van der Waals surface area contributed by atoms with Crippen LogP contribution in [-0.2, 0) is 11.2 Å².